The Hall–Kier alpha value is -1.07. The molecular weight excluding hydrogens is 212 g/mol. The second-order valence-electron chi connectivity index (χ2n) is 4.23. The molecule has 0 heterocycles. The van der Waals surface area contributed by atoms with Gasteiger partial charge in [-0.1, -0.05) is 0 Å². The van der Waals surface area contributed by atoms with Gasteiger partial charge < -0.3 is 9.47 Å². The molecule has 88 valence electrons. The third kappa shape index (κ3) is 1.43. The van der Waals surface area contributed by atoms with E-state index in [1.807, 2.05) is 0 Å². The Morgan fingerprint density at radius 1 is 0.875 bits per heavy atom. The van der Waals surface area contributed by atoms with E-state index in [1.54, 1.807) is 0 Å². The van der Waals surface area contributed by atoms with Gasteiger partial charge in [0, 0.05) is 14.2 Å². The maximum Gasteiger partial charge on any atom is 0.264 e. The van der Waals surface area contributed by atoms with Gasteiger partial charge in [0.15, 0.2) is 0 Å². The zero-order valence-corrected chi connectivity index (χ0v) is 9.26. The number of methoxy groups -OCH3 is 2. The van der Waals surface area contributed by atoms with Crippen LogP contribution in [0.1, 0.15) is 12.8 Å². The van der Waals surface area contributed by atoms with Crippen LogP contribution in [-0.2, 0) is 23.9 Å². The molecule has 4 atom stereocenters. The first-order valence-corrected chi connectivity index (χ1v) is 5.29. The van der Waals surface area contributed by atoms with Crippen LogP contribution in [0.4, 0.5) is 0 Å². The second kappa shape index (κ2) is 4.07. The molecule has 0 amide bonds. The summed E-state index contributed by atoms with van der Waals surface area (Å²) >= 11 is 0. The van der Waals surface area contributed by atoms with Crippen molar-refractivity contribution in [3.05, 3.63) is 0 Å². The van der Waals surface area contributed by atoms with Crippen LogP contribution in [0.25, 0.3) is 0 Å². The van der Waals surface area contributed by atoms with E-state index in [0.717, 1.165) is 0 Å². The Balaban J connectivity index is 2.35. The van der Waals surface area contributed by atoms with Gasteiger partial charge in [0.05, 0.1) is 24.0 Å². The first-order valence-electron chi connectivity index (χ1n) is 5.29. The quantitative estimate of drug-likeness (QED) is 0.608. The second-order valence-corrected chi connectivity index (χ2v) is 4.23. The lowest BCUT2D eigenvalue weighted by molar-refractivity contribution is -0.141. The zero-order chi connectivity index (χ0) is 11.9. The average molecular weight is 226 g/mol. The molecule has 0 spiro atoms. The summed E-state index contributed by atoms with van der Waals surface area (Å²) in [4.78, 5) is 34.7. The molecular formula is C11H14O5. The van der Waals surface area contributed by atoms with Crippen molar-refractivity contribution >= 4 is 17.3 Å². The fourth-order valence-corrected chi connectivity index (χ4v) is 2.77. The Morgan fingerprint density at radius 3 is 1.56 bits per heavy atom. The van der Waals surface area contributed by atoms with Gasteiger partial charge in [-0.05, 0) is 12.8 Å². The van der Waals surface area contributed by atoms with Crippen molar-refractivity contribution in [2.75, 3.05) is 14.2 Å². The molecule has 2 aliphatic carbocycles. The minimum atomic E-state index is -0.888. The fourth-order valence-electron chi connectivity index (χ4n) is 2.77. The number of ketones is 3. The Labute approximate surface area is 93.1 Å². The molecule has 5 heteroatoms. The Kier molecular flexibility index (Phi) is 2.90. The van der Waals surface area contributed by atoms with E-state index in [-0.39, 0.29) is 12.2 Å². The number of carbonyl (C=O) groups excluding carboxylic acids is 3. The summed E-state index contributed by atoms with van der Waals surface area (Å²) in [7, 11) is 2.99. The molecule has 0 saturated heterocycles. The van der Waals surface area contributed by atoms with Crippen molar-refractivity contribution in [2.24, 2.45) is 11.8 Å². The highest BCUT2D eigenvalue weighted by Crippen LogP contribution is 2.39. The van der Waals surface area contributed by atoms with Crippen molar-refractivity contribution in [1.82, 2.24) is 0 Å². The van der Waals surface area contributed by atoms with Crippen LogP contribution in [0.2, 0.25) is 0 Å². The summed E-state index contributed by atoms with van der Waals surface area (Å²) in [5, 5.41) is 0. The molecule has 0 bridgehead atoms. The highest BCUT2D eigenvalue weighted by atomic mass is 16.5. The first-order chi connectivity index (χ1) is 7.61. The van der Waals surface area contributed by atoms with E-state index in [0.29, 0.717) is 12.8 Å². The lowest BCUT2D eigenvalue weighted by Crippen LogP contribution is -2.44. The van der Waals surface area contributed by atoms with Crippen LogP contribution in [0.15, 0.2) is 0 Å². The number of rotatable bonds is 2. The third-order valence-electron chi connectivity index (χ3n) is 3.58. The van der Waals surface area contributed by atoms with Gasteiger partial charge >= 0.3 is 0 Å². The molecule has 0 aromatic rings. The minimum absolute atomic E-state index is 0.334. The molecule has 0 aliphatic heterocycles. The van der Waals surface area contributed by atoms with Crippen LogP contribution < -0.4 is 0 Å². The lowest BCUT2D eigenvalue weighted by Gasteiger charge is -2.35. The average Bonchev–Trinajstić information content (AvgIpc) is 2.54. The predicted octanol–water partition coefficient (Wildman–Crippen LogP) is -0.237. The van der Waals surface area contributed by atoms with Gasteiger partial charge in [0.25, 0.3) is 5.78 Å². The van der Waals surface area contributed by atoms with Gasteiger partial charge in [-0.25, -0.2) is 0 Å². The van der Waals surface area contributed by atoms with E-state index in [9.17, 15) is 14.4 Å². The first kappa shape index (κ1) is 11.4. The van der Waals surface area contributed by atoms with E-state index in [2.05, 4.69) is 0 Å². The summed E-state index contributed by atoms with van der Waals surface area (Å²) in [5.74, 6) is -3.37. The summed E-state index contributed by atoms with van der Waals surface area (Å²) < 4.78 is 10.4. The largest absolute Gasteiger partial charge is 0.381 e. The molecule has 0 N–H and O–H groups in total. The minimum Gasteiger partial charge on any atom is -0.381 e. The van der Waals surface area contributed by atoms with Crippen LogP contribution in [0.5, 0.6) is 0 Å². The number of hydrogen-bond acceptors (Lipinski definition) is 5. The number of ether oxygens (including phenoxy) is 2. The number of fused-ring (bicyclic) bond motifs is 1. The number of hydrogen-bond donors (Lipinski definition) is 0. The third-order valence-corrected chi connectivity index (χ3v) is 3.58. The molecule has 0 aromatic carbocycles. The molecule has 0 aromatic heterocycles. The monoisotopic (exact) mass is 226 g/mol. The molecule has 2 saturated carbocycles. The molecule has 0 radical (unpaired) electrons. The van der Waals surface area contributed by atoms with Crippen molar-refractivity contribution in [3.63, 3.8) is 0 Å². The standard InChI is InChI=1S/C11H14O5/c1-15-5-3-4-6(16-2)8-7(5)9(12)11(14)10(8)13/h5-8H,3-4H2,1-2H3. The molecule has 5 nitrogen and oxygen atoms in total. The molecule has 2 fully saturated rings. The Morgan fingerprint density at radius 2 is 1.25 bits per heavy atom. The van der Waals surface area contributed by atoms with Gasteiger partial charge in [-0.2, -0.15) is 0 Å². The van der Waals surface area contributed by atoms with Crippen molar-refractivity contribution in [3.8, 4) is 0 Å². The Bertz CT molecular complexity index is 316. The highest BCUT2D eigenvalue weighted by molar-refractivity contribution is 6.68. The molecule has 2 aliphatic rings. The van der Waals surface area contributed by atoms with E-state index < -0.39 is 29.2 Å². The van der Waals surface area contributed by atoms with E-state index in [4.69, 9.17) is 9.47 Å². The maximum absolute atomic E-state index is 11.7. The van der Waals surface area contributed by atoms with Gasteiger partial charge in [0.1, 0.15) is 0 Å². The van der Waals surface area contributed by atoms with Crippen molar-refractivity contribution in [2.45, 2.75) is 25.0 Å². The molecule has 2 rings (SSSR count). The maximum atomic E-state index is 11.7. The normalized spacial score (nSPS) is 39.0. The topological polar surface area (TPSA) is 69.7 Å². The van der Waals surface area contributed by atoms with Crippen LogP contribution >= 0.6 is 0 Å². The van der Waals surface area contributed by atoms with Gasteiger partial charge in [-0.15, -0.1) is 0 Å². The lowest BCUT2D eigenvalue weighted by atomic mass is 9.77. The predicted molar refractivity (Wildman–Crippen MR) is 52.8 cm³/mol. The summed E-state index contributed by atoms with van der Waals surface area (Å²) in [6, 6.07) is 0. The van der Waals surface area contributed by atoms with Crippen molar-refractivity contribution < 1.29 is 23.9 Å². The van der Waals surface area contributed by atoms with E-state index in [1.165, 1.54) is 14.2 Å². The fraction of sp³-hybridized carbons (Fsp3) is 0.727. The highest BCUT2D eigenvalue weighted by Gasteiger charge is 2.57. The van der Waals surface area contributed by atoms with Gasteiger partial charge in [0.2, 0.25) is 11.6 Å². The van der Waals surface area contributed by atoms with Crippen LogP contribution in [-0.4, -0.2) is 43.8 Å². The molecule has 4 unspecified atom stereocenters. The van der Waals surface area contributed by atoms with E-state index >= 15 is 0 Å². The number of carbonyl (C=O) groups is 3. The van der Waals surface area contributed by atoms with Gasteiger partial charge in [-0.3, -0.25) is 14.4 Å². The molecule has 16 heavy (non-hydrogen) atoms. The van der Waals surface area contributed by atoms with Crippen LogP contribution in [0.3, 0.4) is 0 Å². The summed E-state index contributed by atoms with van der Waals surface area (Å²) in [6.07, 6.45) is 0.615. The SMILES string of the molecule is COC1CCC(OC)C2C(=O)C(=O)C(=O)C12. The summed E-state index contributed by atoms with van der Waals surface area (Å²) in [6.45, 7) is 0. The summed E-state index contributed by atoms with van der Waals surface area (Å²) in [5.41, 5.74) is 0. The number of Topliss-reactive ketones (excluding diaryl/α,β-unsaturated/α-hetero) is 3. The van der Waals surface area contributed by atoms with Crippen molar-refractivity contribution in [1.29, 1.82) is 0 Å². The zero-order valence-electron chi connectivity index (χ0n) is 9.26. The van der Waals surface area contributed by atoms with Crippen LogP contribution in [0, 0.1) is 11.8 Å². The smallest absolute Gasteiger partial charge is 0.264 e.